The van der Waals surface area contributed by atoms with Gasteiger partial charge in [0.15, 0.2) is 0 Å². The van der Waals surface area contributed by atoms with E-state index in [2.05, 4.69) is 21.3 Å². The molecule has 28 heavy (non-hydrogen) atoms. The zero-order valence-corrected chi connectivity index (χ0v) is 15.8. The highest BCUT2D eigenvalue weighted by Gasteiger charge is 2.09. The molecule has 0 aliphatic rings. The van der Waals surface area contributed by atoms with Crippen molar-refractivity contribution < 1.29 is 28.7 Å². The van der Waals surface area contributed by atoms with Gasteiger partial charge in [0.1, 0.15) is 13.2 Å². The first-order valence-electron chi connectivity index (χ1n) is 8.75. The van der Waals surface area contributed by atoms with Gasteiger partial charge >= 0.3 is 6.09 Å². The summed E-state index contributed by atoms with van der Waals surface area (Å²) >= 11 is 0. The molecule has 1 aromatic rings. The van der Waals surface area contributed by atoms with Crippen LogP contribution in [0.25, 0.3) is 0 Å². The summed E-state index contributed by atoms with van der Waals surface area (Å²) in [5, 5.41) is 9.59. The topological polar surface area (TPSA) is 135 Å². The van der Waals surface area contributed by atoms with Crippen LogP contribution in [-0.2, 0) is 30.5 Å². The van der Waals surface area contributed by atoms with E-state index in [1.54, 1.807) is 19.2 Å². The lowest BCUT2D eigenvalue weighted by molar-refractivity contribution is -0.127. The minimum Gasteiger partial charge on any atom is -0.445 e. The number of nitrogens with one attached hydrogen (secondary N) is 4. The predicted octanol–water partition coefficient (Wildman–Crippen LogP) is -0.702. The molecule has 0 aliphatic heterocycles. The highest BCUT2D eigenvalue weighted by molar-refractivity contribution is 5.89. The number of rotatable bonds is 12. The molecule has 1 aromatic carbocycles. The standard InChI is InChI=1S/C18H26N4O6/c1-27-9-5-8-19-15(23)10-20-16(24)11-21-17(25)12-22-18(26)28-13-14-6-3-2-4-7-14/h2-4,6-7H,5,8-13H2,1H3,(H,19,23)(H,20,24)(H,21,25)(H,22,26). The highest BCUT2D eigenvalue weighted by Crippen LogP contribution is 2.00. The maximum atomic E-state index is 11.6. The van der Waals surface area contributed by atoms with Crippen LogP contribution in [0.15, 0.2) is 30.3 Å². The summed E-state index contributed by atoms with van der Waals surface area (Å²) in [6.45, 7) is 0.241. The van der Waals surface area contributed by atoms with Crippen molar-refractivity contribution >= 4 is 23.8 Å². The number of hydrogen-bond acceptors (Lipinski definition) is 6. The van der Waals surface area contributed by atoms with Gasteiger partial charge in [-0.05, 0) is 12.0 Å². The third-order valence-electron chi connectivity index (χ3n) is 3.35. The number of hydrogen-bond donors (Lipinski definition) is 4. The largest absolute Gasteiger partial charge is 0.445 e. The van der Waals surface area contributed by atoms with Crippen molar-refractivity contribution in [2.45, 2.75) is 13.0 Å². The molecule has 0 saturated heterocycles. The molecule has 0 spiro atoms. The number of benzene rings is 1. The average Bonchev–Trinajstić information content (AvgIpc) is 2.71. The molecule has 154 valence electrons. The summed E-state index contributed by atoms with van der Waals surface area (Å²) in [5.74, 6) is -1.42. The zero-order chi connectivity index (χ0) is 20.6. The summed E-state index contributed by atoms with van der Waals surface area (Å²) in [6, 6.07) is 9.09. The fraction of sp³-hybridized carbons (Fsp3) is 0.444. The Bertz CT molecular complexity index is 638. The maximum Gasteiger partial charge on any atom is 0.407 e. The Kier molecular flexibility index (Phi) is 11.4. The normalized spacial score (nSPS) is 9.89. The van der Waals surface area contributed by atoms with Crippen molar-refractivity contribution in [2.75, 3.05) is 39.9 Å². The van der Waals surface area contributed by atoms with Crippen molar-refractivity contribution in [3.63, 3.8) is 0 Å². The van der Waals surface area contributed by atoms with Crippen molar-refractivity contribution in [1.29, 1.82) is 0 Å². The average molecular weight is 394 g/mol. The first-order chi connectivity index (χ1) is 13.5. The van der Waals surface area contributed by atoms with Gasteiger partial charge in [-0.2, -0.15) is 0 Å². The lowest BCUT2D eigenvalue weighted by atomic mass is 10.2. The summed E-state index contributed by atoms with van der Waals surface area (Å²) in [7, 11) is 1.57. The highest BCUT2D eigenvalue weighted by atomic mass is 16.5. The van der Waals surface area contributed by atoms with Crippen LogP contribution in [0.4, 0.5) is 4.79 Å². The molecule has 0 saturated carbocycles. The van der Waals surface area contributed by atoms with Crippen LogP contribution in [0.5, 0.6) is 0 Å². The molecule has 0 unspecified atom stereocenters. The van der Waals surface area contributed by atoms with Crippen molar-refractivity contribution in [1.82, 2.24) is 21.3 Å². The van der Waals surface area contributed by atoms with Gasteiger partial charge in [0.25, 0.3) is 0 Å². The van der Waals surface area contributed by atoms with Crippen LogP contribution >= 0.6 is 0 Å². The Hall–Kier alpha value is -3.14. The predicted molar refractivity (Wildman–Crippen MR) is 100 cm³/mol. The SMILES string of the molecule is COCCCNC(=O)CNC(=O)CNC(=O)CNC(=O)OCc1ccccc1. The van der Waals surface area contributed by atoms with Crippen LogP contribution < -0.4 is 21.3 Å². The van der Waals surface area contributed by atoms with E-state index in [1.807, 2.05) is 18.2 Å². The monoisotopic (exact) mass is 394 g/mol. The fourth-order valence-electron chi connectivity index (χ4n) is 1.92. The second-order valence-electron chi connectivity index (χ2n) is 5.67. The van der Waals surface area contributed by atoms with Gasteiger partial charge in [-0.25, -0.2) is 4.79 Å². The Morgan fingerprint density at radius 3 is 2.00 bits per heavy atom. The summed E-state index contributed by atoms with van der Waals surface area (Å²) in [5.41, 5.74) is 0.821. The smallest absolute Gasteiger partial charge is 0.407 e. The lowest BCUT2D eigenvalue weighted by Crippen LogP contribution is -2.44. The summed E-state index contributed by atoms with van der Waals surface area (Å²) in [6.07, 6.45) is -0.0684. The molecule has 4 N–H and O–H groups in total. The van der Waals surface area contributed by atoms with Crippen molar-refractivity contribution in [3.05, 3.63) is 35.9 Å². The Morgan fingerprint density at radius 2 is 1.39 bits per heavy atom. The van der Waals surface area contributed by atoms with Gasteiger partial charge in [-0.3, -0.25) is 14.4 Å². The van der Waals surface area contributed by atoms with Crippen LogP contribution in [0.3, 0.4) is 0 Å². The molecule has 0 heterocycles. The first kappa shape index (κ1) is 22.9. The number of methoxy groups -OCH3 is 1. The van der Waals surface area contributed by atoms with Crippen LogP contribution in [-0.4, -0.2) is 63.7 Å². The Morgan fingerprint density at radius 1 is 0.821 bits per heavy atom. The maximum absolute atomic E-state index is 11.6. The number of ether oxygens (including phenoxy) is 2. The van der Waals surface area contributed by atoms with Gasteiger partial charge < -0.3 is 30.7 Å². The summed E-state index contributed by atoms with van der Waals surface area (Å²) in [4.78, 5) is 46.2. The van der Waals surface area contributed by atoms with Gasteiger partial charge in [-0.15, -0.1) is 0 Å². The van der Waals surface area contributed by atoms with E-state index in [1.165, 1.54) is 0 Å². The van der Waals surface area contributed by atoms with Crippen LogP contribution in [0, 0.1) is 0 Å². The molecule has 1 rings (SSSR count). The first-order valence-corrected chi connectivity index (χ1v) is 8.75. The third-order valence-corrected chi connectivity index (χ3v) is 3.35. The number of carbonyl (C=O) groups is 4. The molecule has 0 aliphatic carbocycles. The van der Waals surface area contributed by atoms with Gasteiger partial charge in [0.05, 0.1) is 13.1 Å². The minimum atomic E-state index is -0.742. The molecule has 0 radical (unpaired) electrons. The summed E-state index contributed by atoms with van der Waals surface area (Å²) < 4.78 is 9.80. The van der Waals surface area contributed by atoms with E-state index in [0.717, 1.165) is 5.56 Å². The lowest BCUT2D eigenvalue weighted by Gasteiger charge is -2.09. The van der Waals surface area contributed by atoms with Gasteiger partial charge in [-0.1, -0.05) is 30.3 Å². The molecule has 0 aromatic heterocycles. The van der Waals surface area contributed by atoms with Crippen LogP contribution in [0.2, 0.25) is 0 Å². The zero-order valence-electron chi connectivity index (χ0n) is 15.8. The molecule has 0 bridgehead atoms. The third kappa shape index (κ3) is 11.5. The van der Waals surface area contributed by atoms with E-state index in [0.29, 0.717) is 19.6 Å². The van der Waals surface area contributed by atoms with E-state index in [9.17, 15) is 19.2 Å². The second kappa shape index (κ2) is 14.0. The van der Waals surface area contributed by atoms with Crippen molar-refractivity contribution in [3.8, 4) is 0 Å². The van der Waals surface area contributed by atoms with E-state index >= 15 is 0 Å². The molecule has 4 amide bonds. The minimum absolute atomic E-state index is 0.0875. The number of alkyl carbamates (subject to hydrolysis) is 1. The van der Waals surface area contributed by atoms with Gasteiger partial charge in [0, 0.05) is 20.3 Å². The van der Waals surface area contributed by atoms with E-state index in [-0.39, 0.29) is 32.1 Å². The van der Waals surface area contributed by atoms with Crippen molar-refractivity contribution in [2.24, 2.45) is 0 Å². The number of carbonyl (C=O) groups excluding carboxylic acids is 4. The Labute approximate surface area is 163 Å². The molecular weight excluding hydrogens is 368 g/mol. The molecule has 0 atom stereocenters. The molecular formula is C18H26N4O6. The molecule has 10 nitrogen and oxygen atoms in total. The Balaban J connectivity index is 2.07. The molecule has 10 heteroatoms. The number of amides is 4. The van der Waals surface area contributed by atoms with E-state index < -0.39 is 17.9 Å². The van der Waals surface area contributed by atoms with Crippen LogP contribution in [0.1, 0.15) is 12.0 Å². The second-order valence-corrected chi connectivity index (χ2v) is 5.67. The fourth-order valence-corrected chi connectivity index (χ4v) is 1.92. The van der Waals surface area contributed by atoms with Gasteiger partial charge in [0.2, 0.25) is 17.7 Å². The van der Waals surface area contributed by atoms with E-state index in [4.69, 9.17) is 9.47 Å². The molecule has 0 fully saturated rings. The quantitative estimate of drug-likeness (QED) is 0.346.